The maximum absolute atomic E-state index is 9.74. The molecular formula is C53H56N6O. The van der Waals surface area contributed by atoms with Crippen molar-refractivity contribution < 1.29 is 5.11 Å². The van der Waals surface area contributed by atoms with Crippen LogP contribution in [0.5, 0.6) is 0 Å². The highest BCUT2D eigenvalue weighted by atomic mass is 16.3. The van der Waals surface area contributed by atoms with Crippen molar-refractivity contribution in [1.29, 1.82) is 0 Å². The number of fused-ring (bicyclic) bond motifs is 4. The van der Waals surface area contributed by atoms with Gasteiger partial charge in [-0.25, -0.2) is 0 Å². The van der Waals surface area contributed by atoms with Gasteiger partial charge in [0, 0.05) is 104 Å². The molecule has 0 atom stereocenters. The van der Waals surface area contributed by atoms with Gasteiger partial charge in [-0.2, -0.15) is 0 Å². The van der Waals surface area contributed by atoms with E-state index in [0.29, 0.717) is 0 Å². The largest absolute Gasteiger partial charge is 0.392 e. The second-order valence-corrected chi connectivity index (χ2v) is 16.8. The summed E-state index contributed by atoms with van der Waals surface area (Å²) in [5.41, 5.74) is 16.3. The number of hydrogen-bond donors (Lipinski definition) is 3. The van der Waals surface area contributed by atoms with E-state index in [1.54, 1.807) is 0 Å². The molecule has 4 aromatic carbocycles. The molecule has 0 saturated carbocycles. The second-order valence-electron chi connectivity index (χ2n) is 16.8. The van der Waals surface area contributed by atoms with Crippen molar-refractivity contribution in [2.24, 2.45) is 0 Å². The minimum absolute atomic E-state index is 0.0609. The third kappa shape index (κ3) is 7.72. The smallest absolute Gasteiger partial charge is 0.0682 e. The molecule has 0 unspecified atom stereocenters. The van der Waals surface area contributed by atoms with Crippen molar-refractivity contribution in [2.75, 3.05) is 41.3 Å². The number of H-pyrrole nitrogens is 2. The lowest BCUT2D eigenvalue weighted by Gasteiger charge is -2.10. The van der Waals surface area contributed by atoms with Crippen molar-refractivity contribution in [3.63, 3.8) is 0 Å². The molecule has 0 amide bonds. The molecular weight excluding hydrogens is 737 g/mol. The summed E-state index contributed by atoms with van der Waals surface area (Å²) in [5, 5.41) is 14.9. The first kappa shape index (κ1) is 39.3. The molecule has 0 radical (unpaired) electrons. The Hall–Kier alpha value is -6.12. The summed E-state index contributed by atoms with van der Waals surface area (Å²) in [6.07, 6.45) is 22.5. The first-order valence-corrected chi connectivity index (χ1v) is 21.4. The summed E-state index contributed by atoms with van der Waals surface area (Å²) in [6.45, 7) is 4.24. The monoisotopic (exact) mass is 792 g/mol. The van der Waals surface area contributed by atoms with Gasteiger partial charge in [0.25, 0.3) is 0 Å². The van der Waals surface area contributed by atoms with Gasteiger partial charge >= 0.3 is 0 Å². The molecule has 0 saturated heterocycles. The number of aliphatic hydroxyl groups is 1. The number of aromatic amines is 2. The van der Waals surface area contributed by atoms with Crippen LogP contribution in [0.4, 0.5) is 0 Å². The topological polar surface area (TPSA) is 68.2 Å². The van der Waals surface area contributed by atoms with Crippen molar-refractivity contribution in [1.82, 2.24) is 28.9 Å². The standard InChI is InChI=1S/C27H29N3O.C26H27N3/c1-29(2)13-6-14-30-17-25(23-15-19(18-31)11-12-27(23)30)21-9-5-8-20(21)24-16-28-26-10-4-3-7-22(24)26;1-28(2)15-8-16-29-18-24(22-10-4-6-14-26(22)29)20-12-7-11-19(20)23-17-27-25-13-5-3-9-21(23)25/h3-4,7-12,15-17,28,31H,5-6,13-14,18H2,1-2H3;3-6,9-14,17-18,27H,7-8,15-16H2,1-2H3. The number of aryl methyl sites for hydroxylation is 2. The molecule has 60 heavy (non-hydrogen) atoms. The van der Waals surface area contributed by atoms with Gasteiger partial charge in [-0.1, -0.05) is 85.0 Å². The Morgan fingerprint density at radius 3 is 1.48 bits per heavy atom. The number of nitrogens with one attached hydrogen (secondary N) is 2. The van der Waals surface area contributed by atoms with Crippen LogP contribution < -0.4 is 0 Å². The first-order valence-electron chi connectivity index (χ1n) is 21.4. The summed E-state index contributed by atoms with van der Waals surface area (Å²) in [4.78, 5) is 11.3. The summed E-state index contributed by atoms with van der Waals surface area (Å²) in [6, 6.07) is 32.2. The Balaban J connectivity index is 0.000000154. The molecule has 0 fully saturated rings. The van der Waals surface area contributed by atoms with Crippen molar-refractivity contribution in [3.8, 4) is 0 Å². The van der Waals surface area contributed by atoms with Crippen molar-refractivity contribution >= 4 is 65.9 Å². The summed E-state index contributed by atoms with van der Waals surface area (Å²) < 4.78 is 4.81. The maximum atomic E-state index is 9.74. The Labute approximate surface area is 353 Å². The van der Waals surface area contributed by atoms with Gasteiger partial charge < -0.3 is 34.0 Å². The zero-order valence-corrected chi connectivity index (χ0v) is 35.4. The van der Waals surface area contributed by atoms with Gasteiger partial charge in [0.1, 0.15) is 0 Å². The molecule has 7 nitrogen and oxygen atoms in total. The van der Waals surface area contributed by atoms with Gasteiger partial charge in [-0.3, -0.25) is 0 Å². The third-order valence-corrected chi connectivity index (χ3v) is 12.1. The SMILES string of the molecule is CN(C)CCCn1cc(C2=CCC=C2c2c[nH]c3ccccc23)c2cc(CO)ccc21.CN(C)CCCn1cc(C2=CCC=C2c2c[nH]c3ccccc23)c2ccccc21. The zero-order chi connectivity index (χ0) is 41.2. The minimum Gasteiger partial charge on any atom is -0.392 e. The average Bonchev–Trinajstić information content (AvgIpc) is 4.13. The molecule has 3 N–H and O–H groups in total. The van der Waals surface area contributed by atoms with Crippen LogP contribution in [0, 0.1) is 0 Å². The Bertz CT molecular complexity index is 2940. The predicted molar refractivity (Wildman–Crippen MR) is 254 cm³/mol. The zero-order valence-electron chi connectivity index (χ0n) is 35.4. The quantitative estimate of drug-likeness (QED) is 0.109. The molecule has 7 heteroatoms. The lowest BCUT2D eigenvalue weighted by molar-refractivity contribution is 0.282. The van der Waals surface area contributed by atoms with E-state index in [9.17, 15) is 5.11 Å². The van der Waals surface area contributed by atoms with Gasteiger partial charge in [-0.05, 0) is 125 Å². The number of aromatic nitrogens is 4. The van der Waals surface area contributed by atoms with Crippen LogP contribution in [-0.4, -0.2) is 75.3 Å². The van der Waals surface area contributed by atoms with Gasteiger partial charge in [-0.15, -0.1) is 0 Å². The van der Waals surface area contributed by atoms with Crippen LogP contribution >= 0.6 is 0 Å². The molecule has 4 aromatic heterocycles. The molecule has 10 rings (SSSR count). The highest BCUT2D eigenvalue weighted by molar-refractivity contribution is 6.17. The van der Waals surface area contributed by atoms with Crippen LogP contribution in [0.25, 0.3) is 65.9 Å². The fraction of sp³-hybridized carbons (Fsp3) is 0.245. The average molecular weight is 793 g/mol. The van der Waals surface area contributed by atoms with Crippen LogP contribution in [0.2, 0.25) is 0 Å². The fourth-order valence-corrected chi connectivity index (χ4v) is 9.24. The number of para-hydroxylation sites is 3. The van der Waals surface area contributed by atoms with Gasteiger partial charge in [0.2, 0.25) is 0 Å². The molecule has 2 aliphatic rings. The lowest BCUT2D eigenvalue weighted by Crippen LogP contribution is -2.14. The number of nitrogens with zero attached hydrogens (tertiary/aromatic N) is 4. The van der Waals surface area contributed by atoms with Crippen LogP contribution in [-0.2, 0) is 19.7 Å². The number of aliphatic hydroxyl groups excluding tert-OH is 1. The Kier molecular flexibility index (Phi) is 11.3. The highest BCUT2D eigenvalue weighted by Gasteiger charge is 2.23. The van der Waals surface area contributed by atoms with Gasteiger partial charge in [0.15, 0.2) is 0 Å². The van der Waals surface area contributed by atoms with E-state index >= 15 is 0 Å². The normalized spacial score (nSPS) is 14.1. The molecule has 4 heterocycles. The lowest BCUT2D eigenvalue weighted by atomic mass is 9.94. The second kappa shape index (κ2) is 17.2. The van der Waals surface area contributed by atoms with E-state index in [0.717, 1.165) is 57.4 Å². The number of hydrogen-bond acceptors (Lipinski definition) is 3. The van der Waals surface area contributed by atoms with E-state index in [2.05, 4.69) is 191 Å². The van der Waals surface area contributed by atoms with Crippen LogP contribution in [0.3, 0.4) is 0 Å². The fourth-order valence-electron chi connectivity index (χ4n) is 9.24. The van der Waals surface area contributed by atoms with E-state index < -0.39 is 0 Å². The molecule has 304 valence electrons. The summed E-state index contributed by atoms with van der Waals surface area (Å²) >= 11 is 0. The number of allylic oxidation sites excluding steroid dienone is 8. The van der Waals surface area contributed by atoms with Crippen LogP contribution in [0.1, 0.15) is 53.5 Å². The van der Waals surface area contributed by atoms with E-state index in [4.69, 9.17) is 0 Å². The molecule has 0 aliphatic heterocycles. The van der Waals surface area contributed by atoms with Gasteiger partial charge in [0.05, 0.1) is 6.61 Å². The number of rotatable bonds is 13. The molecule has 0 spiro atoms. The van der Waals surface area contributed by atoms with E-state index in [1.807, 2.05) is 6.07 Å². The maximum Gasteiger partial charge on any atom is 0.0682 e. The molecule has 8 aromatic rings. The first-order chi connectivity index (χ1) is 29.4. The Morgan fingerprint density at radius 2 is 0.967 bits per heavy atom. The minimum atomic E-state index is 0.0609. The summed E-state index contributed by atoms with van der Waals surface area (Å²) in [7, 11) is 8.52. The molecule has 0 bridgehead atoms. The van der Waals surface area contributed by atoms with Crippen LogP contribution in [0.15, 0.2) is 140 Å². The third-order valence-electron chi connectivity index (χ3n) is 12.1. The van der Waals surface area contributed by atoms with E-state index in [-0.39, 0.29) is 6.61 Å². The van der Waals surface area contributed by atoms with E-state index in [1.165, 1.54) is 88.2 Å². The summed E-state index contributed by atoms with van der Waals surface area (Å²) in [5.74, 6) is 0. The Morgan fingerprint density at radius 1 is 0.517 bits per heavy atom. The predicted octanol–water partition coefficient (Wildman–Crippen LogP) is 11.4. The highest BCUT2D eigenvalue weighted by Crippen LogP contribution is 2.44. The molecule has 2 aliphatic carbocycles. The van der Waals surface area contributed by atoms with Crippen molar-refractivity contribution in [3.05, 3.63) is 168 Å². The van der Waals surface area contributed by atoms with Crippen molar-refractivity contribution in [2.45, 2.75) is 45.4 Å². The number of benzene rings is 4.